The molecule has 0 bridgehead atoms. The Balaban J connectivity index is 1.87. The summed E-state index contributed by atoms with van der Waals surface area (Å²) in [6.07, 6.45) is 5.87. The average Bonchev–Trinajstić information content (AvgIpc) is 2.49. The van der Waals surface area contributed by atoms with E-state index in [1.807, 2.05) is 6.20 Å². The van der Waals surface area contributed by atoms with E-state index in [1.165, 1.54) is 37.2 Å². The molecule has 104 valence electrons. The SMILES string of the molecule is CN1CCCC[C@H]1c1cccnc1N1CCNCC1. The lowest BCUT2D eigenvalue weighted by molar-refractivity contribution is 0.187. The number of hydrogen-bond acceptors (Lipinski definition) is 4. The van der Waals surface area contributed by atoms with Crippen LogP contribution in [0.5, 0.6) is 0 Å². The molecule has 1 aromatic heterocycles. The maximum atomic E-state index is 4.68. The van der Waals surface area contributed by atoms with Crippen LogP contribution in [0.25, 0.3) is 0 Å². The summed E-state index contributed by atoms with van der Waals surface area (Å²) in [5.74, 6) is 1.21. The first kappa shape index (κ1) is 12.9. The number of anilines is 1. The van der Waals surface area contributed by atoms with Crippen molar-refractivity contribution < 1.29 is 0 Å². The maximum absolute atomic E-state index is 4.68. The van der Waals surface area contributed by atoms with Crippen molar-refractivity contribution in [3.63, 3.8) is 0 Å². The molecule has 0 aliphatic carbocycles. The first-order valence-electron chi connectivity index (χ1n) is 7.47. The van der Waals surface area contributed by atoms with Crippen molar-refractivity contribution in [2.75, 3.05) is 44.7 Å². The molecule has 0 aromatic carbocycles. The number of nitrogens with zero attached hydrogens (tertiary/aromatic N) is 3. The molecule has 1 N–H and O–H groups in total. The molecule has 0 radical (unpaired) electrons. The Morgan fingerprint density at radius 2 is 2.05 bits per heavy atom. The van der Waals surface area contributed by atoms with Crippen LogP contribution in [0, 0.1) is 0 Å². The Labute approximate surface area is 115 Å². The summed E-state index contributed by atoms with van der Waals surface area (Å²) in [7, 11) is 2.25. The molecule has 0 spiro atoms. The number of nitrogens with one attached hydrogen (secondary N) is 1. The zero-order valence-corrected chi connectivity index (χ0v) is 11.8. The fourth-order valence-corrected chi connectivity index (χ4v) is 3.28. The van der Waals surface area contributed by atoms with Crippen molar-refractivity contribution in [1.82, 2.24) is 15.2 Å². The van der Waals surface area contributed by atoms with Crippen LogP contribution in [-0.4, -0.2) is 49.7 Å². The van der Waals surface area contributed by atoms with Gasteiger partial charge in [0.05, 0.1) is 0 Å². The van der Waals surface area contributed by atoms with Crippen LogP contribution < -0.4 is 10.2 Å². The largest absolute Gasteiger partial charge is 0.354 e. The van der Waals surface area contributed by atoms with Crippen LogP contribution in [0.2, 0.25) is 0 Å². The van der Waals surface area contributed by atoms with Gasteiger partial charge in [-0.3, -0.25) is 4.90 Å². The second kappa shape index (κ2) is 5.88. The molecular weight excluding hydrogens is 236 g/mol. The van der Waals surface area contributed by atoms with Crippen LogP contribution in [0.15, 0.2) is 18.3 Å². The van der Waals surface area contributed by atoms with Crippen LogP contribution >= 0.6 is 0 Å². The summed E-state index contributed by atoms with van der Waals surface area (Å²) in [4.78, 5) is 9.61. The molecule has 3 heterocycles. The minimum absolute atomic E-state index is 0.548. The second-order valence-corrected chi connectivity index (χ2v) is 5.65. The monoisotopic (exact) mass is 260 g/mol. The molecule has 1 aromatic rings. The molecule has 4 heteroatoms. The third-order valence-corrected chi connectivity index (χ3v) is 4.36. The third-order valence-electron chi connectivity index (χ3n) is 4.36. The molecule has 2 fully saturated rings. The van der Waals surface area contributed by atoms with E-state index in [0.29, 0.717) is 6.04 Å². The number of rotatable bonds is 2. The molecule has 0 amide bonds. The number of piperidine rings is 1. The Morgan fingerprint density at radius 1 is 1.21 bits per heavy atom. The molecule has 2 aliphatic heterocycles. The minimum atomic E-state index is 0.548. The van der Waals surface area contributed by atoms with Gasteiger partial charge in [0.1, 0.15) is 5.82 Å². The molecule has 2 aliphatic rings. The highest BCUT2D eigenvalue weighted by Crippen LogP contribution is 2.34. The minimum Gasteiger partial charge on any atom is -0.354 e. The number of likely N-dealkylation sites (tertiary alicyclic amines) is 1. The molecule has 2 saturated heterocycles. The van der Waals surface area contributed by atoms with E-state index in [4.69, 9.17) is 0 Å². The summed E-state index contributed by atoms with van der Waals surface area (Å²) in [5, 5.41) is 3.41. The molecule has 4 nitrogen and oxygen atoms in total. The van der Waals surface area contributed by atoms with E-state index in [9.17, 15) is 0 Å². The zero-order valence-electron chi connectivity index (χ0n) is 11.8. The van der Waals surface area contributed by atoms with Crippen LogP contribution in [0.3, 0.4) is 0 Å². The Kier molecular flexibility index (Phi) is 3.99. The van der Waals surface area contributed by atoms with Crippen molar-refractivity contribution in [3.05, 3.63) is 23.9 Å². The lowest BCUT2D eigenvalue weighted by Gasteiger charge is -2.36. The van der Waals surface area contributed by atoms with Gasteiger partial charge in [-0.05, 0) is 32.5 Å². The van der Waals surface area contributed by atoms with Crippen molar-refractivity contribution in [2.24, 2.45) is 0 Å². The van der Waals surface area contributed by atoms with Gasteiger partial charge >= 0.3 is 0 Å². The normalized spacial score (nSPS) is 25.5. The fraction of sp³-hybridized carbons (Fsp3) is 0.667. The number of aromatic nitrogens is 1. The highest BCUT2D eigenvalue weighted by molar-refractivity contribution is 5.49. The predicted molar refractivity (Wildman–Crippen MR) is 78.5 cm³/mol. The van der Waals surface area contributed by atoms with Crippen molar-refractivity contribution in [2.45, 2.75) is 25.3 Å². The third kappa shape index (κ3) is 2.74. The molecule has 1 atom stereocenters. The van der Waals surface area contributed by atoms with E-state index in [-0.39, 0.29) is 0 Å². The standard InChI is InChI=1S/C15H24N4/c1-18-10-3-2-6-14(18)13-5-4-7-17-15(13)19-11-8-16-9-12-19/h4-5,7,14,16H,2-3,6,8-12H2,1H3/t14-/m0/s1. The Morgan fingerprint density at radius 3 is 2.84 bits per heavy atom. The van der Waals surface area contributed by atoms with Crippen LogP contribution in [0.1, 0.15) is 30.9 Å². The fourth-order valence-electron chi connectivity index (χ4n) is 3.28. The lowest BCUT2D eigenvalue weighted by atomic mass is 9.96. The van der Waals surface area contributed by atoms with Gasteiger partial charge in [-0.25, -0.2) is 4.98 Å². The molecule has 0 unspecified atom stereocenters. The molecular formula is C15H24N4. The Hall–Kier alpha value is -1.13. The molecule has 0 saturated carbocycles. The summed E-state index contributed by atoms with van der Waals surface area (Å²) in [6.45, 7) is 5.48. The van der Waals surface area contributed by atoms with E-state index in [2.05, 4.69) is 39.3 Å². The van der Waals surface area contributed by atoms with E-state index in [1.54, 1.807) is 0 Å². The topological polar surface area (TPSA) is 31.4 Å². The predicted octanol–water partition coefficient (Wildman–Crippen LogP) is 1.65. The summed E-state index contributed by atoms with van der Waals surface area (Å²) >= 11 is 0. The van der Waals surface area contributed by atoms with Crippen molar-refractivity contribution in [1.29, 1.82) is 0 Å². The van der Waals surface area contributed by atoms with Crippen molar-refractivity contribution >= 4 is 5.82 Å². The van der Waals surface area contributed by atoms with Gasteiger partial charge < -0.3 is 10.2 Å². The highest BCUT2D eigenvalue weighted by atomic mass is 15.2. The van der Waals surface area contributed by atoms with Crippen LogP contribution in [0.4, 0.5) is 5.82 Å². The zero-order chi connectivity index (χ0) is 13.1. The quantitative estimate of drug-likeness (QED) is 0.876. The number of hydrogen-bond donors (Lipinski definition) is 1. The van der Waals surface area contributed by atoms with Crippen LogP contribution in [-0.2, 0) is 0 Å². The summed E-state index contributed by atoms with van der Waals surface area (Å²) in [5.41, 5.74) is 1.42. The maximum Gasteiger partial charge on any atom is 0.133 e. The smallest absolute Gasteiger partial charge is 0.133 e. The first-order valence-corrected chi connectivity index (χ1v) is 7.47. The van der Waals surface area contributed by atoms with Gasteiger partial charge in [0, 0.05) is 44.0 Å². The Bertz CT molecular complexity index is 414. The van der Waals surface area contributed by atoms with Gasteiger partial charge in [-0.2, -0.15) is 0 Å². The van der Waals surface area contributed by atoms with E-state index in [0.717, 1.165) is 26.2 Å². The van der Waals surface area contributed by atoms with Gasteiger partial charge in [-0.1, -0.05) is 12.5 Å². The number of piperazine rings is 1. The van der Waals surface area contributed by atoms with Gasteiger partial charge in [0.15, 0.2) is 0 Å². The van der Waals surface area contributed by atoms with Gasteiger partial charge in [0.25, 0.3) is 0 Å². The molecule has 3 rings (SSSR count). The summed E-state index contributed by atoms with van der Waals surface area (Å²) < 4.78 is 0. The second-order valence-electron chi connectivity index (χ2n) is 5.65. The first-order chi connectivity index (χ1) is 9.36. The van der Waals surface area contributed by atoms with E-state index < -0.39 is 0 Å². The van der Waals surface area contributed by atoms with Crippen molar-refractivity contribution in [3.8, 4) is 0 Å². The molecule has 19 heavy (non-hydrogen) atoms. The average molecular weight is 260 g/mol. The van der Waals surface area contributed by atoms with Gasteiger partial charge in [0.2, 0.25) is 0 Å². The highest BCUT2D eigenvalue weighted by Gasteiger charge is 2.25. The lowest BCUT2D eigenvalue weighted by Crippen LogP contribution is -2.44. The number of pyridine rings is 1. The summed E-state index contributed by atoms with van der Waals surface area (Å²) in [6, 6.07) is 4.91. The van der Waals surface area contributed by atoms with E-state index >= 15 is 0 Å². The van der Waals surface area contributed by atoms with Gasteiger partial charge in [-0.15, -0.1) is 0 Å².